The molecule has 3 heteroatoms. The van der Waals surface area contributed by atoms with Gasteiger partial charge in [0, 0.05) is 5.56 Å². The molecule has 0 amide bonds. The topological polar surface area (TPSA) is 35.0 Å². The largest absolute Gasteiger partial charge is 0.481 e. The van der Waals surface area contributed by atoms with Crippen LogP contribution in [0.5, 0.6) is 5.88 Å². The number of rotatable bonds is 2. The van der Waals surface area contributed by atoms with Gasteiger partial charge in [0.05, 0.1) is 12.8 Å². The van der Waals surface area contributed by atoms with Crippen molar-refractivity contribution in [1.29, 1.82) is 0 Å². The van der Waals surface area contributed by atoms with Crippen molar-refractivity contribution in [3.05, 3.63) is 17.6 Å². The maximum atomic E-state index is 5.31. The van der Waals surface area contributed by atoms with Gasteiger partial charge in [-0.05, 0) is 11.3 Å². The van der Waals surface area contributed by atoms with Crippen LogP contribution in [0.1, 0.15) is 51.8 Å². The molecule has 0 aromatic carbocycles. The van der Waals surface area contributed by atoms with Crippen molar-refractivity contribution >= 4 is 0 Å². The molecule has 3 nitrogen and oxygen atoms in total. The lowest BCUT2D eigenvalue weighted by atomic mass is 9.84. The van der Waals surface area contributed by atoms with Crippen molar-refractivity contribution in [2.75, 3.05) is 7.11 Å². The molecule has 0 saturated carbocycles. The van der Waals surface area contributed by atoms with Crippen molar-refractivity contribution in [1.82, 2.24) is 9.97 Å². The highest BCUT2D eigenvalue weighted by atomic mass is 16.5. The highest BCUT2D eigenvalue weighted by Gasteiger charge is 2.25. The SMILES string of the molecule is COc1ncnc(C(C)C)c1C(C)(C)C. The van der Waals surface area contributed by atoms with Crippen molar-refractivity contribution in [2.24, 2.45) is 0 Å². The van der Waals surface area contributed by atoms with Gasteiger partial charge < -0.3 is 4.74 Å². The van der Waals surface area contributed by atoms with E-state index in [0.717, 1.165) is 11.3 Å². The fourth-order valence-corrected chi connectivity index (χ4v) is 1.68. The molecule has 0 aliphatic heterocycles. The zero-order valence-electron chi connectivity index (χ0n) is 10.5. The van der Waals surface area contributed by atoms with Crippen LogP contribution in [0.15, 0.2) is 6.33 Å². The van der Waals surface area contributed by atoms with Gasteiger partial charge in [-0.25, -0.2) is 9.97 Å². The Morgan fingerprint density at radius 1 is 1.20 bits per heavy atom. The van der Waals surface area contributed by atoms with Crippen LogP contribution < -0.4 is 4.74 Å². The van der Waals surface area contributed by atoms with Gasteiger partial charge in [-0.1, -0.05) is 34.6 Å². The maximum Gasteiger partial charge on any atom is 0.220 e. The lowest BCUT2D eigenvalue weighted by Gasteiger charge is -2.24. The molecule has 0 aliphatic rings. The van der Waals surface area contributed by atoms with E-state index in [9.17, 15) is 0 Å². The fourth-order valence-electron chi connectivity index (χ4n) is 1.68. The summed E-state index contributed by atoms with van der Waals surface area (Å²) in [7, 11) is 1.65. The molecule has 84 valence electrons. The molecule has 0 radical (unpaired) electrons. The lowest BCUT2D eigenvalue weighted by Crippen LogP contribution is -2.18. The lowest BCUT2D eigenvalue weighted by molar-refractivity contribution is 0.376. The molecular weight excluding hydrogens is 188 g/mol. The van der Waals surface area contributed by atoms with Gasteiger partial charge in [0.25, 0.3) is 0 Å². The minimum absolute atomic E-state index is 0.00616. The third-order valence-corrected chi connectivity index (χ3v) is 2.33. The molecule has 0 bridgehead atoms. The van der Waals surface area contributed by atoms with E-state index in [1.807, 2.05) is 0 Å². The summed E-state index contributed by atoms with van der Waals surface area (Å²) in [6.45, 7) is 10.7. The fraction of sp³-hybridized carbons (Fsp3) is 0.667. The molecule has 1 aromatic rings. The van der Waals surface area contributed by atoms with Crippen LogP contribution in [-0.4, -0.2) is 17.1 Å². The monoisotopic (exact) mass is 208 g/mol. The second-order valence-corrected chi connectivity index (χ2v) is 5.05. The first-order valence-electron chi connectivity index (χ1n) is 5.27. The molecule has 0 fully saturated rings. The van der Waals surface area contributed by atoms with Crippen LogP contribution >= 0.6 is 0 Å². The third-order valence-electron chi connectivity index (χ3n) is 2.33. The van der Waals surface area contributed by atoms with Gasteiger partial charge in [0.1, 0.15) is 6.33 Å². The summed E-state index contributed by atoms with van der Waals surface area (Å²) in [5, 5.41) is 0. The Kier molecular flexibility index (Phi) is 3.32. The highest BCUT2D eigenvalue weighted by molar-refractivity contribution is 5.37. The third kappa shape index (κ3) is 2.46. The Balaban J connectivity index is 3.41. The summed E-state index contributed by atoms with van der Waals surface area (Å²) in [6.07, 6.45) is 1.57. The standard InChI is InChI=1S/C12H20N2O/c1-8(2)10-9(12(3,4)5)11(15-6)14-7-13-10/h7-8H,1-6H3. The van der Waals surface area contributed by atoms with Crippen LogP contribution in [0.2, 0.25) is 0 Å². The zero-order chi connectivity index (χ0) is 11.6. The second kappa shape index (κ2) is 4.17. The Labute approximate surface area is 91.9 Å². The van der Waals surface area contributed by atoms with Crippen molar-refractivity contribution in [3.8, 4) is 5.88 Å². The van der Waals surface area contributed by atoms with E-state index in [1.165, 1.54) is 0 Å². The van der Waals surface area contributed by atoms with E-state index in [0.29, 0.717) is 11.8 Å². The molecule has 1 heterocycles. The first-order valence-corrected chi connectivity index (χ1v) is 5.27. The molecule has 0 aliphatic carbocycles. The van der Waals surface area contributed by atoms with E-state index >= 15 is 0 Å². The van der Waals surface area contributed by atoms with E-state index < -0.39 is 0 Å². The molecule has 0 saturated heterocycles. The minimum Gasteiger partial charge on any atom is -0.481 e. The predicted octanol–water partition coefficient (Wildman–Crippen LogP) is 2.91. The van der Waals surface area contributed by atoms with Crippen LogP contribution in [0.4, 0.5) is 0 Å². The summed E-state index contributed by atoms with van der Waals surface area (Å²) in [6, 6.07) is 0. The van der Waals surface area contributed by atoms with Gasteiger partial charge in [-0.3, -0.25) is 0 Å². The quantitative estimate of drug-likeness (QED) is 0.749. The summed E-state index contributed by atoms with van der Waals surface area (Å²) >= 11 is 0. The van der Waals surface area contributed by atoms with Gasteiger partial charge in [-0.15, -0.1) is 0 Å². The van der Waals surface area contributed by atoms with E-state index in [4.69, 9.17) is 4.74 Å². The first-order chi connectivity index (χ1) is 6.88. The Morgan fingerprint density at radius 2 is 1.80 bits per heavy atom. The summed E-state index contributed by atoms with van der Waals surface area (Å²) in [5.74, 6) is 1.08. The summed E-state index contributed by atoms with van der Waals surface area (Å²) < 4.78 is 5.31. The molecule has 1 aromatic heterocycles. The number of nitrogens with zero attached hydrogens (tertiary/aromatic N) is 2. The molecule has 1 rings (SSSR count). The average molecular weight is 208 g/mol. The average Bonchev–Trinajstić information content (AvgIpc) is 2.15. The number of methoxy groups -OCH3 is 1. The van der Waals surface area contributed by atoms with E-state index in [-0.39, 0.29) is 5.41 Å². The molecule has 15 heavy (non-hydrogen) atoms. The van der Waals surface area contributed by atoms with Gasteiger partial charge in [0.2, 0.25) is 5.88 Å². The van der Waals surface area contributed by atoms with Crippen molar-refractivity contribution < 1.29 is 4.74 Å². The Morgan fingerprint density at radius 3 is 2.20 bits per heavy atom. The second-order valence-electron chi connectivity index (χ2n) is 5.05. The zero-order valence-corrected chi connectivity index (χ0v) is 10.5. The molecule has 0 N–H and O–H groups in total. The normalized spacial score (nSPS) is 11.9. The number of hydrogen-bond acceptors (Lipinski definition) is 3. The van der Waals surface area contributed by atoms with Gasteiger partial charge in [-0.2, -0.15) is 0 Å². The van der Waals surface area contributed by atoms with E-state index in [1.54, 1.807) is 13.4 Å². The van der Waals surface area contributed by atoms with Crippen LogP contribution in [-0.2, 0) is 5.41 Å². The van der Waals surface area contributed by atoms with Crippen molar-refractivity contribution in [3.63, 3.8) is 0 Å². The summed E-state index contributed by atoms with van der Waals surface area (Å²) in [4.78, 5) is 8.54. The minimum atomic E-state index is 0.00616. The first kappa shape index (κ1) is 12.0. The predicted molar refractivity (Wildman–Crippen MR) is 61.4 cm³/mol. The van der Waals surface area contributed by atoms with Crippen LogP contribution in [0.25, 0.3) is 0 Å². The number of ether oxygens (including phenoxy) is 1. The molecule has 0 spiro atoms. The van der Waals surface area contributed by atoms with Crippen LogP contribution in [0.3, 0.4) is 0 Å². The molecular formula is C12H20N2O. The number of aromatic nitrogens is 2. The van der Waals surface area contributed by atoms with Crippen LogP contribution in [0, 0.1) is 0 Å². The molecule has 0 atom stereocenters. The maximum absolute atomic E-state index is 5.31. The Bertz CT molecular complexity index is 340. The van der Waals surface area contributed by atoms with Gasteiger partial charge in [0.15, 0.2) is 0 Å². The smallest absolute Gasteiger partial charge is 0.220 e. The molecule has 0 unspecified atom stereocenters. The Hall–Kier alpha value is -1.12. The highest BCUT2D eigenvalue weighted by Crippen LogP contribution is 2.34. The summed E-state index contributed by atoms with van der Waals surface area (Å²) in [5.41, 5.74) is 2.20. The van der Waals surface area contributed by atoms with E-state index in [2.05, 4.69) is 44.6 Å². The van der Waals surface area contributed by atoms with Crippen molar-refractivity contribution in [2.45, 2.75) is 46.0 Å². The number of hydrogen-bond donors (Lipinski definition) is 0. The van der Waals surface area contributed by atoms with Gasteiger partial charge >= 0.3 is 0 Å².